The van der Waals surface area contributed by atoms with Crippen LogP contribution in [-0.4, -0.2) is 39.5 Å². The highest BCUT2D eigenvalue weighted by molar-refractivity contribution is 7.92. The summed E-state index contributed by atoms with van der Waals surface area (Å²) in [5.41, 5.74) is 1.00. The molecule has 0 saturated heterocycles. The molecule has 0 radical (unpaired) electrons. The van der Waals surface area contributed by atoms with Crippen molar-refractivity contribution >= 4 is 15.7 Å². The SMILES string of the molecule is CS(=O)(=O)Nc1cc(C(O)CNC(c2ccc(OC(F)F)cc2)c2ccc(OC(F)F)cc2)ccc1F. The lowest BCUT2D eigenvalue weighted by Crippen LogP contribution is -2.27. The summed E-state index contributed by atoms with van der Waals surface area (Å²) in [5, 5.41) is 13.8. The number of aliphatic hydroxyl groups is 1. The first-order valence-corrected chi connectivity index (χ1v) is 12.6. The van der Waals surface area contributed by atoms with E-state index in [-0.39, 0.29) is 29.3 Å². The molecule has 0 bridgehead atoms. The summed E-state index contributed by atoms with van der Waals surface area (Å²) < 4.78 is 97.7. The molecule has 1 unspecified atom stereocenters. The van der Waals surface area contributed by atoms with E-state index in [0.29, 0.717) is 11.1 Å². The normalized spacial score (nSPS) is 12.7. The van der Waals surface area contributed by atoms with Crippen molar-refractivity contribution in [3.05, 3.63) is 89.2 Å². The highest BCUT2D eigenvalue weighted by Crippen LogP contribution is 2.28. The first-order chi connectivity index (χ1) is 17.4. The number of nitrogens with one attached hydrogen (secondary N) is 2. The van der Waals surface area contributed by atoms with Gasteiger partial charge in [-0.2, -0.15) is 17.6 Å². The molecule has 0 aliphatic heterocycles. The van der Waals surface area contributed by atoms with Crippen molar-refractivity contribution in [2.45, 2.75) is 25.4 Å². The zero-order valence-electron chi connectivity index (χ0n) is 19.2. The summed E-state index contributed by atoms with van der Waals surface area (Å²) in [6, 6.07) is 14.1. The number of benzene rings is 3. The number of rotatable bonds is 12. The highest BCUT2D eigenvalue weighted by Gasteiger charge is 2.19. The Labute approximate surface area is 209 Å². The number of ether oxygens (including phenoxy) is 2. The van der Waals surface area contributed by atoms with Crippen molar-refractivity contribution in [1.82, 2.24) is 5.32 Å². The van der Waals surface area contributed by atoms with Gasteiger partial charge in [-0.25, -0.2) is 12.8 Å². The summed E-state index contributed by atoms with van der Waals surface area (Å²) in [6.45, 7) is -6.12. The number of alkyl halides is 4. The van der Waals surface area contributed by atoms with Gasteiger partial charge in [-0.15, -0.1) is 0 Å². The highest BCUT2D eigenvalue weighted by atomic mass is 32.2. The van der Waals surface area contributed by atoms with Crippen LogP contribution in [0.5, 0.6) is 11.5 Å². The Kier molecular flexibility index (Phi) is 9.29. The summed E-state index contributed by atoms with van der Waals surface area (Å²) in [6.07, 6.45) is -0.359. The molecular weight excluding hydrogens is 523 g/mol. The van der Waals surface area contributed by atoms with E-state index in [4.69, 9.17) is 0 Å². The minimum absolute atomic E-state index is 0.0737. The van der Waals surface area contributed by atoms with Crippen molar-refractivity contribution in [3.8, 4) is 11.5 Å². The van der Waals surface area contributed by atoms with Gasteiger partial charge in [0, 0.05) is 6.54 Å². The molecule has 3 aromatic carbocycles. The molecule has 3 N–H and O–H groups in total. The van der Waals surface area contributed by atoms with Crippen LogP contribution in [0.4, 0.5) is 27.6 Å². The van der Waals surface area contributed by atoms with E-state index in [2.05, 4.69) is 14.8 Å². The molecule has 0 amide bonds. The molecule has 13 heteroatoms. The van der Waals surface area contributed by atoms with Gasteiger partial charge in [-0.1, -0.05) is 30.3 Å². The van der Waals surface area contributed by atoms with Gasteiger partial charge in [0.1, 0.15) is 17.3 Å². The van der Waals surface area contributed by atoms with Crippen LogP contribution in [0.25, 0.3) is 0 Å². The number of halogens is 5. The molecule has 3 aromatic rings. The van der Waals surface area contributed by atoms with Gasteiger partial charge < -0.3 is 19.9 Å². The quantitative estimate of drug-likeness (QED) is 0.282. The molecule has 0 aliphatic rings. The summed E-state index contributed by atoms with van der Waals surface area (Å²) >= 11 is 0. The number of sulfonamides is 1. The van der Waals surface area contributed by atoms with E-state index in [1.165, 1.54) is 54.6 Å². The van der Waals surface area contributed by atoms with Crippen molar-refractivity contribution in [1.29, 1.82) is 0 Å². The second-order valence-corrected chi connectivity index (χ2v) is 9.61. The molecule has 0 spiro atoms. The van der Waals surface area contributed by atoms with E-state index < -0.39 is 41.2 Å². The molecule has 3 rings (SSSR count). The second-order valence-electron chi connectivity index (χ2n) is 7.87. The van der Waals surface area contributed by atoms with Crippen LogP contribution in [0.15, 0.2) is 66.7 Å². The van der Waals surface area contributed by atoms with Crippen LogP contribution >= 0.6 is 0 Å². The van der Waals surface area contributed by atoms with Crippen LogP contribution in [0.2, 0.25) is 0 Å². The average Bonchev–Trinajstić information content (AvgIpc) is 2.81. The molecule has 0 fully saturated rings. The maximum absolute atomic E-state index is 14.0. The smallest absolute Gasteiger partial charge is 0.387 e. The largest absolute Gasteiger partial charge is 0.435 e. The van der Waals surface area contributed by atoms with Crippen LogP contribution in [-0.2, 0) is 10.0 Å². The van der Waals surface area contributed by atoms with Gasteiger partial charge in [0.25, 0.3) is 0 Å². The molecule has 1 atom stereocenters. The maximum atomic E-state index is 14.0. The molecule has 0 heterocycles. The third kappa shape index (κ3) is 8.58. The monoisotopic (exact) mass is 546 g/mol. The van der Waals surface area contributed by atoms with E-state index >= 15 is 0 Å². The van der Waals surface area contributed by atoms with Gasteiger partial charge in [0.2, 0.25) is 10.0 Å². The fraction of sp³-hybridized carbons (Fsp3) is 0.250. The third-order valence-electron chi connectivity index (χ3n) is 5.06. The van der Waals surface area contributed by atoms with Crippen molar-refractivity contribution in [3.63, 3.8) is 0 Å². The Balaban J connectivity index is 1.84. The van der Waals surface area contributed by atoms with Crippen molar-refractivity contribution in [2.24, 2.45) is 0 Å². The molecule has 0 aromatic heterocycles. The maximum Gasteiger partial charge on any atom is 0.387 e. The van der Waals surface area contributed by atoms with E-state index in [9.17, 15) is 35.5 Å². The minimum Gasteiger partial charge on any atom is -0.435 e. The Morgan fingerprint density at radius 2 is 1.27 bits per heavy atom. The van der Waals surface area contributed by atoms with Crippen molar-refractivity contribution < 1.29 is 45.0 Å². The summed E-state index contributed by atoms with van der Waals surface area (Å²) in [5.74, 6) is -0.977. The van der Waals surface area contributed by atoms with Crippen LogP contribution in [0.1, 0.15) is 28.8 Å². The fourth-order valence-electron chi connectivity index (χ4n) is 3.49. The first-order valence-electron chi connectivity index (χ1n) is 10.7. The Morgan fingerprint density at radius 1 is 0.811 bits per heavy atom. The van der Waals surface area contributed by atoms with Crippen molar-refractivity contribution in [2.75, 3.05) is 17.5 Å². The van der Waals surface area contributed by atoms with Crippen LogP contribution < -0.4 is 19.5 Å². The van der Waals surface area contributed by atoms with Gasteiger partial charge in [-0.05, 0) is 53.1 Å². The van der Waals surface area contributed by atoms with Gasteiger partial charge in [-0.3, -0.25) is 4.72 Å². The number of aliphatic hydroxyl groups excluding tert-OH is 1. The molecule has 7 nitrogen and oxygen atoms in total. The minimum atomic E-state index is -3.76. The average molecular weight is 547 g/mol. The standard InChI is InChI=1S/C24H23F5N2O5S/c1-37(33,34)31-20-12-16(6-11-19(20)25)21(32)13-30-22(14-2-7-17(8-3-14)35-23(26)27)15-4-9-18(10-5-15)36-24(28)29/h2-12,21-24,30-32H,13H2,1H3. The first kappa shape index (κ1) is 28.2. The van der Waals surface area contributed by atoms with Gasteiger partial charge in [0.05, 0.1) is 24.1 Å². The molecule has 200 valence electrons. The van der Waals surface area contributed by atoms with Crippen LogP contribution in [0.3, 0.4) is 0 Å². The zero-order valence-corrected chi connectivity index (χ0v) is 20.1. The molecule has 0 aliphatic carbocycles. The predicted octanol–water partition coefficient (Wildman–Crippen LogP) is 4.81. The lowest BCUT2D eigenvalue weighted by molar-refractivity contribution is -0.0505. The van der Waals surface area contributed by atoms with E-state index in [1.807, 2.05) is 4.72 Å². The van der Waals surface area contributed by atoms with Gasteiger partial charge in [0.15, 0.2) is 0 Å². The molecule has 37 heavy (non-hydrogen) atoms. The molecule has 0 saturated carbocycles. The number of anilines is 1. The van der Waals surface area contributed by atoms with Crippen LogP contribution in [0, 0.1) is 5.82 Å². The zero-order chi connectivity index (χ0) is 27.2. The Bertz CT molecular complexity index is 1220. The lowest BCUT2D eigenvalue weighted by atomic mass is 9.97. The van der Waals surface area contributed by atoms with Gasteiger partial charge >= 0.3 is 13.2 Å². The predicted molar refractivity (Wildman–Crippen MR) is 126 cm³/mol. The van der Waals surface area contributed by atoms with E-state index in [0.717, 1.165) is 18.4 Å². The lowest BCUT2D eigenvalue weighted by Gasteiger charge is -2.23. The third-order valence-corrected chi connectivity index (χ3v) is 5.65. The molecular formula is C24H23F5N2O5S. The van der Waals surface area contributed by atoms with E-state index in [1.54, 1.807) is 0 Å². The Morgan fingerprint density at radius 3 is 1.70 bits per heavy atom. The number of hydrogen-bond acceptors (Lipinski definition) is 6. The summed E-state index contributed by atoms with van der Waals surface area (Å²) in [7, 11) is -3.76. The summed E-state index contributed by atoms with van der Waals surface area (Å²) in [4.78, 5) is 0. The fourth-order valence-corrected chi connectivity index (χ4v) is 4.04. The Hall–Kier alpha value is -3.42. The topological polar surface area (TPSA) is 96.9 Å². The number of hydrogen-bond donors (Lipinski definition) is 3. The second kappa shape index (κ2) is 12.2.